The maximum atomic E-state index is 12.8. The molecule has 178 valence electrons. The standard InChI is InChI=1S/C22H37BN4O5/c1-4-5-7-16-9-11-17(12-10-16)20(28)26-18(8-6-13-25-22(24)30)21(29)27-19(23(31)32)14-15(2)3/h9-12,15,18-19,31-32H,4-8,13-14H2,1-3H3,(H,26,28)(H,27,29)(H3,24,25,30)/t18-,19-/m0/s1. The van der Waals surface area contributed by atoms with Crippen molar-refractivity contribution in [1.29, 1.82) is 0 Å². The SMILES string of the molecule is CCCCc1ccc(C(=O)N[C@@H](CCCNC(N)=O)C(=O)N[C@@H](CC(C)C)B(O)O)cc1. The van der Waals surface area contributed by atoms with Crippen LogP contribution in [0.4, 0.5) is 4.79 Å². The van der Waals surface area contributed by atoms with Crippen LogP contribution in [-0.4, -0.2) is 53.5 Å². The fourth-order valence-electron chi connectivity index (χ4n) is 3.28. The van der Waals surface area contributed by atoms with Crippen LogP contribution in [0.3, 0.4) is 0 Å². The van der Waals surface area contributed by atoms with Gasteiger partial charge in [-0.1, -0.05) is 39.3 Å². The molecule has 1 rings (SSSR count). The smallest absolute Gasteiger partial charge is 0.426 e. The van der Waals surface area contributed by atoms with Gasteiger partial charge in [0.05, 0.1) is 5.94 Å². The molecule has 0 bridgehead atoms. The molecule has 10 heteroatoms. The zero-order valence-electron chi connectivity index (χ0n) is 19.3. The van der Waals surface area contributed by atoms with Crippen molar-refractivity contribution in [2.45, 2.75) is 71.3 Å². The molecule has 9 nitrogen and oxygen atoms in total. The quantitative estimate of drug-likeness (QED) is 0.186. The minimum absolute atomic E-state index is 0.126. The highest BCUT2D eigenvalue weighted by Crippen LogP contribution is 2.10. The molecule has 0 fully saturated rings. The van der Waals surface area contributed by atoms with Gasteiger partial charge in [-0.3, -0.25) is 9.59 Å². The minimum atomic E-state index is -1.72. The summed E-state index contributed by atoms with van der Waals surface area (Å²) in [5, 5.41) is 27.0. The molecule has 1 aromatic rings. The van der Waals surface area contributed by atoms with E-state index in [1.165, 1.54) is 0 Å². The third-order valence-corrected chi connectivity index (χ3v) is 5.04. The van der Waals surface area contributed by atoms with Gasteiger partial charge in [0.1, 0.15) is 6.04 Å². The summed E-state index contributed by atoms with van der Waals surface area (Å²) in [7, 11) is -1.72. The third kappa shape index (κ3) is 10.6. The summed E-state index contributed by atoms with van der Waals surface area (Å²) in [4.78, 5) is 36.5. The summed E-state index contributed by atoms with van der Waals surface area (Å²) in [6.07, 6.45) is 4.10. The minimum Gasteiger partial charge on any atom is -0.426 e. The summed E-state index contributed by atoms with van der Waals surface area (Å²) in [5.41, 5.74) is 6.63. The van der Waals surface area contributed by atoms with E-state index in [9.17, 15) is 24.4 Å². The Bertz CT molecular complexity index is 728. The number of primary amides is 1. The van der Waals surface area contributed by atoms with E-state index in [4.69, 9.17) is 5.73 Å². The van der Waals surface area contributed by atoms with E-state index >= 15 is 0 Å². The van der Waals surface area contributed by atoms with E-state index in [0.29, 0.717) is 18.4 Å². The number of nitrogens with two attached hydrogens (primary N) is 1. The summed E-state index contributed by atoms with van der Waals surface area (Å²) < 4.78 is 0. The van der Waals surface area contributed by atoms with Crippen LogP contribution >= 0.6 is 0 Å². The number of benzene rings is 1. The highest BCUT2D eigenvalue weighted by molar-refractivity contribution is 6.43. The number of nitrogens with one attached hydrogen (secondary N) is 3. The lowest BCUT2D eigenvalue weighted by Gasteiger charge is -2.24. The van der Waals surface area contributed by atoms with Gasteiger partial charge in [0.25, 0.3) is 5.91 Å². The Hall–Kier alpha value is -2.59. The van der Waals surface area contributed by atoms with E-state index in [2.05, 4.69) is 22.9 Å². The third-order valence-electron chi connectivity index (χ3n) is 5.04. The van der Waals surface area contributed by atoms with Crippen molar-refractivity contribution in [1.82, 2.24) is 16.0 Å². The lowest BCUT2D eigenvalue weighted by atomic mass is 9.75. The van der Waals surface area contributed by atoms with E-state index < -0.39 is 36.9 Å². The molecular weight excluding hydrogens is 411 g/mol. The second-order valence-corrected chi connectivity index (χ2v) is 8.42. The Morgan fingerprint density at radius 3 is 2.25 bits per heavy atom. The maximum Gasteiger partial charge on any atom is 0.475 e. The molecule has 0 saturated heterocycles. The first-order chi connectivity index (χ1) is 15.1. The molecule has 2 atom stereocenters. The molecule has 0 unspecified atom stereocenters. The summed E-state index contributed by atoms with van der Waals surface area (Å²) >= 11 is 0. The fraction of sp³-hybridized carbons (Fsp3) is 0.591. The predicted molar refractivity (Wildman–Crippen MR) is 125 cm³/mol. The number of rotatable bonds is 14. The zero-order valence-corrected chi connectivity index (χ0v) is 19.3. The monoisotopic (exact) mass is 448 g/mol. The van der Waals surface area contributed by atoms with Gasteiger partial charge in [0, 0.05) is 12.1 Å². The predicted octanol–water partition coefficient (Wildman–Crippen LogP) is 1.12. The van der Waals surface area contributed by atoms with E-state index in [1.807, 2.05) is 26.0 Å². The number of carbonyl (C=O) groups excluding carboxylic acids is 3. The van der Waals surface area contributed by atoms with Gasteiger partial charge in [-0.2, -0.15) is 0 Å². The van der Waals surface area contributed by atoms with Crippen LogP contribution in [0.2, 0.25) is 0 Å². The Kier molecular flexibility index (Phi) is 12.4. The van der Waals surface area contributed by atoms with Crippen molar-refractivity contribution in [3.63, 3.8) is 0 Å². The fourth-order valence-corrected chi connectivity index (χ4v) is 3.28. The Labute approximate surface area is 190 Å². The summed E-state index contributed by atoms with van der Waals surface area (Å²) in [6.45, 7) is 6.17. The molecule has 4 amide bonds. The van der Waals surface area contributed by atoms with Crippen LogP contribution in [0.15, 0.2) is 24.3 Å². The maximum absolute atomic E-state index is 12.8. The van der Waals surface area contributed by atoms with Crippen LogP contribution in [0.25, 0.3) is 0 Å². The van der Waals surface area contributed by atoms with Gasteiger partial charge < -0.3 is 31.7 Å². The number of urea groups is 1. The number of hydrogen-bond donors (Lipinski definition) is 6. The second kappa shape index (κ2) is 14.5. The molecule has 0 aromatic heterocycles. The van der Waals surface area contributed by atoms with Crippen molar-refractivity contribution in [3.05, 3.63) is 35.4 Å². The van der Waals surface area contributed by atoms with E-state index in [-0.39, 0.29) is 18.9 Å². The van der Waals surface area contributed by atoms with Gasteiger partial charge in [0.15, 0.2) is 0 Å². The molecule has 7 N–H and O–H groups in total. The molecule has 0 aliphatic carbocycles. The average Bonchev–Trinajstić information content (AvgIpc) is 2.73. The average molecular weight is 448 g/mol. The largest absolute Gasteiger partial charge is 0.475 e. The molecule has 0 aliphatic rings. The highest BCUT2D eigenvalue weighted by Gasteiger charge is 2.29. The number of aryl methyl sites for hydroxylation is 1. The van der Waals surface area contributed by atoms with Crippen molar-refractivity contribution >= 4 is 25.0 Å². The van der Waals surface area contributed by atoms with Gasteiger partial charge in [-0.05, 0) is 55.7 Å². The van der Waals surface area contributed by atoms with Crippen molar-refractivity contribution in [2.75, 3.05) is 6.54 Å². The molecule has 0 heterocycles. The number of hydrogen-bond acceptors (Lipinski definition) is 5. The van der Waals surface area contributed by atoms with Crippen LogP contribution in [0.5, 0.6) is 0 Å². The molecule has 0 radical (unpaired) electrons. The lowest BCUT2D eigenvalue weighted by Crippen LogP contribution is -2.54. The van der Waals surface area contributed by atoms with Crippen LogP contribution in [0, 0.1) is 5.92 Å². The summed E-state index contributed by atoms with van der Waals surface area (Å²) in [5.74, 6) is -1.65. The first kappa shape index (κ1) is 27.4. The van der Waals surface area contributed by atoms with Crippen molar-refractivity contribution < 1.29 is 24.4 Å². The molecule has 0 saturated carbocycles. The van der Waals surface area contributed by atoms with Gasteiger partial charge >= 0.3 is 13.1 Å². The number of carbonyl (C=O) groups is 3. The highest BCUT2D eigenvalue weighted by atomic mass is 16.4. The number of unbranched alkanes of at least 4 members (excludes halogenated alkanes) is 1. The first-order valence-corrected chi connectivity index (χ1v) is 11.2. The lowest BCUT2D eigenvalue weighted by molar-refractivity contribution is -0.123. The zero-order chi connectivity index (χ0) is 24.1. The van der Waals surface area contributed by atoms with Gasteiger partial charge in [0.2, 0.25) is 5.91 Å². The normalized spacial score (nSPS) is 12.7. The Morgan fingerprint density at radius 2 is 1.72 bits per heavy atom. The summed E-state index contributed by atoms with van der Waals surface area (Å²) in [6, 6.07) is 5.67. The Morgan fingerprint density at radius 1 is 1.06 bits per heavy atom. The molecule has 0 spiro atoms. The van der Waals surface area contributed by atoms with Gasteiger partial charge in [-0.15, -0.1) is 0 Å². The van der Waals surface area contributed by atoms with E-state index in [1.54, 1.807) is 12.1 Å². The topological polar surface area (TPSA) is 154 Å². The van der Waals surface area contributed by atoms with Crippen molar-refractivity contribution in [3.8, 4) is 0 Å². The molecule has 1 aromatic carbocycles. The van der Waals surface area contributed by atoms with Gasteiger partial charge in [-0.25, -0.2) is 4.79 Å². The van der Waals surface area contributed by atoms with E-state index in [0.717, 1.165) is 24.8 Å². The first-order valence-electron chi connectivity index (χ1n) is 11.2. The van der Waals surface area contributed by atoms with Crippen molar-refractivity contribution in [2.24, 2.45) is 11.7 Å². The molecule has 0 aliphatic heterocycles. The van der Waals surface area contributed by atoms with Crippen LogP contribution in [0.1, 0.15) is 68.8 Å². The second-order valence-electron chi connectivity index (χ2n) is 8.42. The Balaban J connectivity index is 2.85. The van der Waals surface area contributed by atoms with Crippen LogP contribution < -0.4 is 21.7 Å². The van der Waals surface area contributed by atoms with Crippen LogP contribution in [-0.2, 0) is 11.2 Å². The molecule has 32 heavy (non-hydrogen) atoms. The molecular formula is C22H37BN4O5. The number of amides is 4.